The molecule has 1 aromatic carbocycles. The highest BCUT2D eigenvalue weighted by molar-refractivity contribution is 9.10. The number of aromatic nitrogens is 4. The molecule has 0 saturated heterocycles. The Hall–Kier alpha value is -2.93. The van der Waals surface area contributed by atoms with Crippen LogP contribution in [0.15, 0.2) is 65.5 Å². The summed E-state index contributed by atoms with van der Waals surface area (Å²) >= 11 is 3.51. The molecule has 4 aromatic rings. The maximum absolute atomic E-state index is 11.4. The number of halogens is 1. The van der Waals surface area contributed by atoms with Crippen LogP contribution < -0.4 is 10.0 Å². The topological polar surface area (TPSA) is 69.2 Å². The average Bonchev–Trinajstić information content (AvgIpc) is 3.01. The summed E-state index contributed by atoms with van der Waals surface area (Å²) in [6, 6.07) is 13.7. The van der Waals surface area contributed by atoms with Gasteiger partial charge in [0.25, 0.3) is 0 Å². The van der Waals surface area contributed by atoms with Crippen LogP contribution in [-0.4, -0.2) is 14.6 Å². The van der Waals surface area contributed by atoms with E-state index in [2.05, 4.69) is 45.4 Å². The first-order valence-corrected chi connectivity index (χ1v) is 8.93. The second-order valence-electron chi connectivity index (χ2n) is 6.00. The Morgan fingerprint density at radius 2 is 2.08 bits per heavy atom. The number of hydrogen-bond acceptors (Lipinski definition) is 4. The summed E-state index contributed by atoms with van der Waals surface area (Å²) < 4.78 is 3.37. The molecule has 0 aliphatic carbocycles. The van der Waals surface area contributed by atoms with Crippen molar-refractivity contribution in [3.8, 4) is 11.3 Å². The Labute approximate surface area is 158 Å². The molecule has 0 fully saturated rings. The van der Waals surface area contributed by atoms with Gasteiger partial charge in [0.05, 0.1) is 16.4 Å². The van der Waals surface area contributed by atoms with E-state index in [4.69, 9.17) is 4.98 Å². The first-order valence-electron chi connectivity index (χ1n) is 8.14. The molecule has 0 bridgehead atoms. The van der Waals surface area contributed by atoms with E-state index in [1.807, 2.05) is 24.3 Å². The van der Waals surface area contributed by atoms with E-state index < -0.39 is 0 Å². The fourth-order valence-electron chi connectivity index (χ4n) is 2.86. The van der Waals surface area contributed by atoms with Gasteiger partial charge in [-0.2, -0.15) is 14.3 Å². The van der Waals surface area contributed by atoms with Gasteiger partial charge in [-0.15, -0.1) is 0 Å². The molecule has 0 saturated carbocycles. The summed E-state index contributed by atoms with van der Waals surface area (Å²) in [6.45, 7) is 2.57. The molecule has 0 aliphatic rings. The molecule has 0 aliphatic heterocycles. The van der Waals surface area contributed by atoms with Crippen LogP contribution in [0.3, 0.4) is 0 Å². The number of rotatable bonds is 4. The molecule has 6 nitrogen and oxygen atoms in total. The third-order valence-electron chi connectivity index (χ3n) is 4.16. The van der Waals surface area contributed by atoms with Crippen LogP contribution in [0.5, 0.6) is 0 Å². The second-order valence-corrected chi connectivity index (χ2v) is 6.85. The first kappa shape index (κ1) is 16.5. The lowest BCUT2D eigenvalue weighted by atomic mass is 10.1. The molecule has 0 unspecified atom stereocenters. The van der Waals surface area contributed by atoms with E-state index in [1.54, 1.807) is 23.0 Å². The molecule has 0 atom stereocenters. The Morgan fingerprint density at radius 3 is 2.88 bits per heavy atom. The van der Waals surface area contributed by atoms with Crippen molar-refractivity contribution in [3.05, 3.63) is 81.9 Å². The molecule has 26 heavy (non-hydrogen) atoms. The van der Waals surface area contributed by atoms with Crippen LogP contribution in [0.4, 0.5) is 5.82 Å². The number of fused-ring (bicyclic) bond motifs is 1. The van der Waals surface area contributed by atoms with Crippen LogP contribution in [-0.2, 0) is 6.54 Å². The van der Waals surface area contributed by atoms with E-state index in [0.29, 0.717) is 6.54 Å². The summed E-state index contributed by atoms with van der Waals surface area (Å²) in [5, 5.41) is 19.2. The van der Waals surface area contributed by atoms with Gasteiger partial charge in [-0.1, -0.05) is 24.3 Å². The third kappa shape index (κ3) is 3.13. The monoisotopic (exact) mass is 409 g/mol. The van der Waals surface area contributed by atoms with Crippen molar-refractivity contribution in [2.45, 2.75) is 13.5 Å². The fourth-order valence-corrected chi connectivity index (χ4v) is 3.21. The molecule has 0 amide bonds. The molecule has 130 valence electrons. The summed E-state index contributed by atoms with van der Waals surface area (Å²) in [4.78, 5) is 4.76. The number of aryl methyl sites for hydroxylation is 1. The Bertz CT molecular complexity index is 1090. The normalized spacial score (nSPS) is 11.0. The smallest absolute Gasteiger partial charge is 0.185 e. The quantitative estimate of drug-likeness (QED) is 0.411. The summed E-state index contributed by atoms with van der Waals surface area (Å²) in [7, 11) is 0. The number of nitrogens with zero attached hydrogens (tertiary/aromatic N) is 4. The minimum absolute atomic E-state index is 0.507. The van der Waals surface area contributed by atoms with Crippen LogP contribution in [0.2, 0.25) is 0 Å². The van der Waals surface area contributed by atoms with Gasteiger partial charge < -0.3 is 10.5 Å². The Kier molecular flexibility index (Phi) is 4.30. The van der Waals surface area contributed by atoms with Gasteiger partial charge in [-0.05, 0) is 34.5 Å². The van der Waals surface area contributed by atoms with Gasteiger partial charge in [0.15, 0.2) is 18.0 Å². The fraction of sp³-hybridized carbons (Fsp3) is 0.105. The van der Waals surface area contributed by atoms with E-state index >= 15 is 0 Å². The highest BCUT2D eigenvalue weighted by atomic mass is 79.9. The number of hydrogen-bond donors (Lipinski definition) is 1. The molecule has 1 N–H and O–H groups in total. The van der Waals surface area contributed by atoms with Crippen molar-refractivity contribution in [3.63, 3.8) is 0 Å². The summed E-state index contributed by atoms with van der Waals surface area (Å²) in [5.41, 5.74) is 4.72. The maximum Gasteiger partial charge on any atom is 0.185 e. The van der Waals surface area contributed by atoms with E-state index in [-0.39, 0.29) is 0 Å². The molecule has 4 rings (SSSR count). The summed E-state index contributed by atoms with van der Waals surface area (Å²) in [6.07, 6.45) is 4.74. The lowest BCUT2D eigenvalue weighted by Gasteiger charge is -2.12. The van der Waals surface area contributed by atoms with E-state index in [9.17, 15) is 5.21 Å². The molecule has 0 spiro atoms. The molecule has 0 radical (unpaired) electrons. The molecular formula is C19H16BrN5O. The summed E-state index contributed by atoms with van der Waals surface area (Å²) in [5.74, 6) is 0.806. The molecular weight excluding hydrogens is 394 g/mol. The highest BCUT2D eigenvalue weighted by Crippen LogP contribution is 2.27. The number of anilines is 1. The standard InChI is InChI=1S/C19H16BrN5O/c1-13-5-2-3-7-15(13)17-9-18(25-19(23-17)16(20)11-22-25)21-10-14-6-4-8-24(26)12-14/h2-9,11-12,21H,10H2,1H3. The SMILES string of the molecule is Cc1ccccc1-c1cc(NCc2ccc[n+]([O-])c2)n2ncc(Br)c2n1. The van der Waals surface area contributed by atoms with E-state index in [1.165, 1.54) is 6.20 Å². The average molecular weight is 410 g/mol. The molecule has 3 heterocycles. The van der Waals surface area contributed by atoms with Crippen molar-refractivity contribution in [1.82, 2.24) is 14.6 Å². The van der Waals surface area contributed by atoms with Gasteiger partial charge in [0, 0.05) is 29.8 Å². The predicted octanol–water partition coefficient (Wildman–Crippen LogP) is 3.71. The highest BCUT2D eigenvalue weighted by Gasteiger charge is 2.12. The lowest BCUT2D eigenvalue weighted by molar-refractivity contribution is -0.605. The zero-order valence-corrected chi connectivity index (χ0v) is 15.6. The zero-order valence-electron chi connectivity index (χ0n) is 14.1. The Balaban J connectivity index is 1.77. The first-order chi connectivity index (χ1) is 12.6. The number of pyridine rings is 1. The lowest BCUT2D eigenvalue weighted by Crippen LogP contribution is -2.25. The zero-order chi connectivity index (χ0) is 18.1. The van der Waals surface area contributed by atoms with Crippen molar-refractivity contribution in [2.75, 3.05) is 5.32 Å². The van der Waals surface area contributed by atoms with Gasteiger partial charge in [0.1, 0.15) is 5.82 Å². The second kappa shape index (κ2) is 6.76. The van der Waals surface area contributed by atoms with Crippen molar-refractivity contribution >= 4 is 27.4 Å². The maximum atomic E-state index is 11.4. The molecule has 7 heteroatoms. The predicted molar refractivity (Wildman–Crippen MR) is 104 cm³/mol. The number of benzene rings is 1. The van der Waals surface area contributed by atoms with E-state index in [0.717, 1.165) is 43.1 Å². The third-order valence-corrected chi connectivity index (χ3v) is 4.72. The van der Waals surface area contributed by atoms with Crippen LogP contribution in [0.1, 0.15) is 11.1 Å². The molecule has 3 aromatic heterocycles. The van der Waals surface area contributed by atoms with Crippen LogP contribution in [0, 0.1) is 12.1 Å². The van der Waals surface area contributed by atoms with Gasteiger partial charge in [-0.3, -0.25) is 0 Å². The minimum Gasteiger partial charge on any atom is -0.619 e. The van der Waals surface area contributed by atoms with Gasteiger partial charge in [0.2, 0.25) is 0 Å². The van der Waals surface area contributed by atoms with Crippen molar-refractivity contribution in [1.29, 1.82) is 0 Å². The van der Waals surface area contributed by atoms with Crippen molar-refractivity contribution < 1.29 is 4.73 Å². The van der Waals surface area contributed by atoms with Gasteiger partial charge >= 0.3 is 0 Å². The van der Waals surface area contributed by atoms with Crippen molar-refractivity contribution in [2.24, 2.45) is 0 Å². The van der Waals surface area contributed by atoms with Gasteiger partial charge in [-0.25, -0.2) is 4.98 Å². The van der Waals surface area contributed by atoms with Crippen LogP contribution in [0.25, 0.3) is 16.9 Å². The Morgan fingerprint density at radius 1 is 1.23 bits per heavy atom. The number of nitrogens with one attached hydrogen (secondary N) is 1. The van der Waals surface area contributed by atoms with Crippen LogP contribution >= 0.6 is 15.9 Å². The minimum atomic E-state index is 0.507. The largest absolute Gasteiger partial charge is 0.619 e.